The molecule has 0 amide bonds. The summed E-state index contributed by atoms with van der Waals surface area (Å²) in [6.45, 7) is 21.8. The summed E-state index contributed by atoms with van der Waals surface area (Å²) in [7, 11) is -1.54. The first-order valence-corrected chi connectivity index (χ1v) is 16.6. The van der Waals surface area contributed by atoms with E-state index in [0.717, 1.165) is 6.42 Å². The third-order valence-corrected chi connectivity index (χ3v) is 10.3. The summed E-state index contributed by atoms with van der Waals surface area (Å²) in [6.07, 6.45) is 8.03. The first-order valence-electron chi connectivity index (χ1n) is 11.6. The van der Waals surface area contributed by atoms with Gasteiger partial charge in [0, 0.05) is 0 Å². The van der Waals surface area contributed by atoms with Crippen LogP contribution in [-0.2, 0) is 35.5 Å². The Hall–Kier alpha value is -0.980. The van der Waals surface area contributed by atoms with Crippen molar-refractivity contribution in [1.29, 1.82) is 0 Å². The van der Waals surface area contributed by atoms with Crippen LogP contribution in [0.15, 0.2) is 42.5 Å². The van der Waals surface area contributed by atoms with Crippen LogP contribution >= 0.6 is 0 Å². The second-order valence-electron chi connectivity index (χ2n) is 12.4. The van der Waals surface area contributed by atoms with Crippen molar-refractivity contribution in [3.63, 3.8) is 0 Å². The maximum atomic E-state index is 2.62. The van der Waals surface area contributed by atoms with Crippen LogP contribution in [0.5, 0.6) is 0 Å². The molecule has 2 aliphatic carbocycles. The van der Waals surface area contributed by atoms with Crippen molar-refractivity contribution < 1.29 is 24.7 Å². The third kappa shape index (κ3) is 3.97. The molecule has 0 aliphatic heterocycles. The van der Waals surface area contributed by atoms with Crippen molar-refractivity contribution in [1.82, 2.24) is 0 Å². The monoisotopic (exact) mass is 503 g/mol. The van der Waals surface area contributed by atoms with Gasteiger partial charge in [-0.25, -0.2) is 0 Å². The molecular formula is C29H37SiZr. The molecule has 0 heterocycles. The van der Waals surface area contributed by atoms with Gasteiger partial charge in [-0.3, -0.25) is 0 Å². The van der Waals surface area contributed by atoms with E-state index in [2.05, 4.69) is 104 Å². The molecule has 0 N–H and O–H groups in total. The molecule has 0 saturated heterocycles. The molecule has 2 aromatic rings. The van der Waals surface area contributed by atoms with E-state index in [1.807, 2.05) is 0 Å². The third-order valence-electron chi connectivity index (χ3n) is 6.83. The van der Waals surface area contributed by atoms with Crippen LogP contribution in [0.25, 0.3) is 16.7 Å². The predicted molar refractivity (Wildman–Crippen MR) is 136 cm³/mol. The van der Waals surface area contributed by atoms with Gasteiger partial charge in [-0.2, -0.15) is 0 Å². The van der Waals surface area contributed by atoms with E-state index in [-0.39, 0.29) is 10.8 Å². The van der Waals surface area contributed by atoms with Crippen LogP contribution in [0.2, 0.25) is 19.6 Å². The molecule has 0 nitrogen and oxygen atoms in total. The second-order valence-corrected chi connectivity index (χ2v) is 18.9. The quantitative estimate of drug-likeness (QED) is 0.366. The zero-order valence-corrected chi connectivity index (χ0v) is 24.3. The van der Waals surface area contributed by atoms with Gasteiger partial charge in [-0.15, -0.1) is 0 Å². The average Bonchev–Trinajstić information content (AvgIpc) is 3.25. The molecule has 0 aromatic heterocycles. The molecule has 0 radical (unpaired) electrons. The van der Waals surface area contributed by atoms with E-state index >= 15 is 0 Å². The van der Waals surface area contributed by atoms with E-state index in [1.54, 1.807) is 52.2 Å². The van der Waals surface area contributed by atoms with Gasteiger partial charge in [0.05, 0.1) is 0 Å². The van der Waals surface area contributed by atoms with Gasteiger partial charge >= 0.3 is 207 Å². The van der Waals surface area contributed by atoms with Gasteiger partial charge in [0.1, 0.15) is 0 Å². The Kier molecular flexibility index (Phi) is 5.63. The molecule has 0 spiro atoms. The Balaban J connectivity index is 2.10. The van der Waals surface area contributed by atoms with E-state index in [0.29, 0.717) is 3.63 Å². The minimum atomic E-state index is -1.54. The van der Waals surface area contributed by atoms with Crippen molar-refractivity contribution in [2.24, 2.45) is 0 Å². The van der Waals surface area contributed by atoms with Crippen LogP contribution in [0.4, 0.5) is 0 Å². The van der Waals surface area contributed by atoms with E-state index < -0.39 is 8.07 Å². The van der Waals surface area contributed by atoms with Gasteiger partial charge in [-0.1, -0.05) is 0 Å². The van der Waals surface area contributed by atoms with Gasteiger partial charge < -0.3 is 0 Å². The van der Waals surface area contributed by atoms with Crippen LogP contribution in [0.1, 0.15) is 79.4 Å². The molecule has 1 atom stereocenters. The number of allylic oxidation sites excluding steroid dienone is 4. The fourth-order valence-electron chi connectivity index (χ4n) is 5.23. The summed E-state index contributed by atoms with van der Waals surface area (Å²) in [6, 6.07) is 9.94. The number of rotatable bonds is 2. The molecule has 4 rings (SSSR count). The van der Waals surface area contributed by atoms with Crippen molar-refractivity contribution in [2.75, 3.05) is 0 Å². The van der Waals surface area contributed by atoms with Gasteiger partial charge in [0.25, 0.3) is 0 Å². The SMILES string of the molecule is CC(C)(C)c1ccc2c(c1)[CH]([Zr])c1c-2cc([Si](C)(C)C)c(C(C)(C)C)c1C1=CC=CC1. The summed E-state index contributed by atoms with van der Waals surface area (Å²) < 4.78 is 0.521. The Morgan fingerprint density at radius 1 is 0.903 bits per heavy atom. The number of hydrogen-bond acceptors (Lipinski definition) is 0. The normalized spacial score (nSPS) is 18.2. The zero-order valence-electron chi connectivity index (χ0n) is 20.8. The molecule has 0 fully saturated rings. The number of benzene rings is 2. The Morgan fingerprint density at radius 2 is 1.58 bits per heavy atom. The summed E-state index contributed by atoms with van der Waals surface area (Å²) in [4.78, 5) is 0. The van der Waals surface area contributed by atoms with Gasteiger partial charge in [0.2, 0.25) is 0 Å². The molecular weight excluding hydrogens is 468 g/mol. The zero-order chi connectivity index (χ0) is 22.9. The van der Waals surface area contributed by atoms with Crippen molar-refractivity contribution in [3.8, 4) is 11.1 Å². The Morgan fingerprint density at radius 3 is 2.10 bits per heavy atom. The van der Waals surface area contributed by atoms with Gasteiger partial charge in [-0.05, 0) is 0 Å². The number of hydrogen-bond donors (Lipinski definition) is 0. The van der Waals surface area contributed by atoms with Crippen LogP contribution < -0.4 is 5.19 Å². The van der Waals surface area contributed by atoms with Gasteiger partial charge in [0.15, 0.2) is 0 Å². The predicted octanol–water partition coefficient (Wildman–Crippen LogP) is 7.79. The molecule has 2 aromatic carbocycles. The fraction of sp³-hybridized carbons (Fsp3) is 0.448. The number of fused-ring (bicyclic) bond motifs is 3. The summed E-state index contributed by atoms with van der Waals surface area (Å²) in [5.74, 6) is 0. The first kappa shape index (κ1) is 23.2. The van der Waals surface area contributed by atoms with Crippen molar-refractivity contribution >= 4 is 18.8 Å². The second kappa shape index (κ2) is 7.53. The minimum absolute atomic E-state index is 0.130. The van der Waals surface area contributed by atoms with E-state index in [9.17, 15) is 0 Å². The van der Waals surface area contributed by atoms with E-state index in [1.165, 1.54) is 22.3 Å². The van der Waals surface area contributed by atoms with Crippen LogP contribution in [0, 0.1) is 0 Å². The molecule has 31 heavy (non-hydrogen) atoms. The molecule has 0 saturated carbocycles. The standard InChI is InChI=1S/C29H37Si.Zr/c1-28(2,3)21-14-15-22-20(16-21)17-24-23(22)18-25(30(7,8)9)27(29(4,5)6)26(24)19-12-10-11-13-19;/h10-12,14-18H,13H2,1-9H3;. The molecule has 1 unspecified atom stereocenters. The maximum absolute atomic E-state index is 2.62. The molecule has 2 aliphatic rings. The van der Waals surface area contributed by atoms with Crippen LogP contribution in [0.3, 0.4) is 0 Å². The summed E-state index contributed by atoms with van der Waals surface area (Å²) in [5, 5.41) is 1.65. The molecule has 161 valence electrons. The molecule has 0 bridgehead atoms. The van der Waals surface area contributed by atoms with Crippen molar-refractivity contribution in [2.45, 2.75) is 82.1 Å². The van der Waals surface area contributed by atoms with E-state index in [4.69, 9.17) is 0 Å². The Bertz CT molecular complexity index is 1110. The molecule has 2 heteroatoms. The summed E-state index contributed by atoms with van der Waals surface area (Å²) >= 11 is 1.60. The topological polar surface area (TPSA) is 0 Å². The van der Waals surface area contributed by atoms with Crippen LogP contribution in [-0.4, -0.2) is 8.07 Å². The first-order chi connectivity index (χ1) is 14.2. The Labute approximate surface area is 206 Å². The summed E-state index contributed by atoms with van der Waals surface area (Å²) in [5.41, 5.74) is 12.7. The van der Waals surface area contributed by atoms with Crippen molar-refractivity contribution in [3.05, 3.63) is 70.3 Å². The fourth-order valence-corrected chi connectivity index (χ4v) is 8.38. The average molecular weight is 505 g/mol.